The van der Waals surface area contributed by atoms with Crippen LogP contribution in [0.2, 0.25) is 0 Å². The van der Waals surface area contributed by atoms with Crippen molar-refractivity contribution in [3.8, 4) is 0 Å². The number of benzene rings is 1. The highest BCUT2D eigenvalue weighted by molar-refractivity contribution is 5.24. The van der Waals surface area contributed by atoms with Gasteiger partial charge in [-0.25, -0.2) is 4.39 Å². The number of unbranched alkanes of at least 4 members (excludes halogenated alkanes) is 1. The van der Waals surface area contributed by atoms with Crippen LogP contribution < -0.4 is 5.32 Å². The maximum absolute atomic E-state index is 13.6. The number of hydrogen-bond acceptors (Lipinski definition) is 2. The molecule has 1 N–H and O–H groups in total. The summed E-state index contributed by atoms with van der Waals surface area (Å²) in [6.45, 7) is 8.13. The van der Waals surface area contributed by atoms with Crippen LogP contribution in [0.15, 0.2) is 18.2 Å². The van der Waals surface area contributed by atoms with Gasteiger partial charge in [0.25, 0.3) is 0 Å². The van der Waals surface area contributed by atoms with E-state index in [9.17, 15) is 4.39 Å². The van der Waals surface area contributed by atoms with Crippen LogP contribution in [0.1, 0.15) is 44.7 Å². The minimum Gasteiger partial charge on any atom is -0.377 e. The first-order valence-corrected chi connectivity index (χ1v) is 6.72. The monoisotopic (exact) mass is 253 g/mol. The van der Waals surface area contributed by atoms with Crippen molar-refractivity contribution in [1.29, 1.82) is 0 Å². The Morgan fingerprint density at radius 2 is 2.11 bits per heavy atom. The molecule has 0 aliphatic carbocycles. The first-order valence-electron chi connectivity index (χ1n) is 6.72. The maximum Gasteiger partial charge on any atom is 0.128 e. The Morgan fingerprint density at radius 3 is 2.78 bits per heavy atom. The Bertz CT molecular complexity index is 352. The van der Waals surface area contributed by atoms with Crippen molar-refractivity contribution in [3.05, 3.63) is 35.1 Å². The lowest BCUT2D eigenvalue weighted by atomic mass is 10.1. The molecule has 18 heavy (non-hydrogen) atoms. The standard InChI is InChI=1S/C15H24FNO/c1-4-5-8-18-11-14-9-13(6-7-15(14)16)10-17-12(2)3/h6-7,9,12,17H,4-5,8,10-11H2,1-3H3. The molecule has 0 radical (unpaired) electrons. The molecular formula is C15H24FNO. The molecule has 0 unspecified atom stereocenters. The van der Waals surface area contributed by atoms with Crippen LogP contribution in [0.3, 0.4) is 0 Å². The zero-order valence-corrected chi connectivity index (χ0v) is 11.6. The quantitative estimate of drug-likeness (QED) is 0.714. The molecule has 0 saturated heterocycles. The Morgan fingerprint density at radius 1 is 1.33 bits per heavy atom. The number of halogens is 1. The van der Waals surface area contributed by atoms with Crippen molar-refractivity contribution in [2.75, 3.05) is 6.61 Å². The summed E-state index contributed by atoms with van der Waals surface area (Å²) in [6, 6.07) is 5.66. The van der Waals surface area contributed by atoms with Gasteiger partial charge in [0.2, 0.25) is 0 Å². The van der Waals surface area contributed by atoms with Gasteiger partial charge >= 0.3 is 0 Å². The molecule has 0 aliphatic rings. The van der Waals surface area contributed by atoms with Crippen molar-refractivity contribution in [2.45, 2.75) is 52.8 Å². The van der Waals surface area contributed by atoms with Crippen molar-refractivity contribution in [2.24, 2.45) is 0 Å². The van der Waals surface area contributed by atoms with E-state index in [1.165, 1.54) is 6.07 Å². The van der Waals surface area contributed by atoms with E-state index < -0.39 is 0 Å². The topological polar surface area (TPSA) is 21.3 Å². The molecule has 0 spiro atoms. The van der Waals surface area contributed by atoms with E-state index in [-0.39, 0.29) is 5.82 Å². The van der Waals surface area contributed by atoms with E-state index in [1.54, 1.807) is 0 Å². The van der Waals surface area contributed by atoms with Crippen LogP contribution >= 0.6 is 0 Å². The third-order valence-electron chi connectivity index (χ3n) is 2.72. The Kier molecular flexibility index (Phi) is 6.91. The van der Waals surface area contributed by atoms with E-state index in [1.807, 2.05) is 12.1 Å². The molecule has 0 amide bonds. The Balaban J connectivity index is 2.52. The molecule has 0 aromatic heterocycles. The molecule has 0 atom stereocenters. The fourth-order valence-electron chi connectivity index (χ4n) is 1.60. The molecule has 3 heteroatoms. The third kappa shape index (κ3) is 5.61. The van der Waals surface area contributed by atoms with E-state index >= 15 is 0 Å². The van der Waals surface area contributed by atoms with Gasteiger partial charge in [0.1, 0.15) is 5.82 Å². The molecule has 102 valence electrons. The Labute approximate surface area is 110 Å². The van der Waals surface area contributed by atoms with Crippen molar-refractivity contribution < 1.29 is 9.13 Å². The molecule has 2 nitrogen and oxygen atoms in total. The second kappa shape index (κ2) is 8.22. The molecule has 0 saturated carbocycles. The SMILES string of the molecule is CCCCOCc1cc(CNC(C)C)ccc1F. The zero-order valence-electron chi connectivity index (χ0n) is 11.6. The van der Waals surface area contributed by atoms with Crippen LogP contribution in [0.5, 0.6) is 0 Å². The summed E-state index contributed by atoms with van der Waals surface area (Å²) in [4.78, 5) is 0. The average Bonchev–Trinajstić information content (AvgIpc) is 2.35. The van der Waals surface area contributed by atoms with E-state index in [4.69, 9.17) is 4.74 Å². The fourth-order valence-corrected chi connectivity index (χ4v) is 1.60. The third-order valence-corrected chi connectivity index (χ3v) is 2.72. The summed E-state index contributed by atoms with van der Waals surface area (Å²) in [5.41, 5.74) is 1.74. The molecule has 0 heterocycles. The van der Waals surface area contributed by atoms with Gasteiger partial charge in [0, 0.05) is 24.8 Å². The van der Waals surface area contributed by atoms with Gasteiger partial charge in [0.05, 0.1) is 6.61 Å². The highest BCUT2D eigenvalue weighted by Crippen LogP contribution is 2.12. The number of nitrogens with one attached hydrogen (secondary N) is 1. The van der Waals surface area contributed by atoms with E-state index in [2.05, 4.69) is 26.1 Å². The van der Waals surface area contributed by atoms with Crippen molar-refractivity contribution in [1.82, 2.24) is 5.32 Å². The first-order chi connectivity index (χ1) is 8.63. The van der Waals surface area contributed by atoms with Crippen LogP contribution in [-0.2, 0) is 17.9 Å². The summed E-state index contributed by atoms with van der Waals surface area (Å²) in [6.07, 6.45) is 2.12. The second-order valence-electron chi connectivity index (χ2n) is 4.87. The van der Waals surface area contributed by atoms with Gasteiger partial charge < -0.3 is 10.1 Å². The van der Waals surface area contributed by atoms with E-state index in [0.29, 0.717) is 24.8 Å². The molecule has 1 rings (SSSR count). The molecule has 0 fully saturated rings. The van der Waals surface area contributed by atoms with Crippen LogP contribution in [0.4, 0.5) is 4.39 Å². The van der Waals surface area contributed by atoms with Gasteiger partial charge in [-0.15, -0.1) is 0 Å². The van der Waals surface area contributed by atoms with Crippen LogP contribution in [0, 0.1) is 5.82 Å². The van der Waals surface area contributed by atoms with E-state index in [0.717, 1.165) is 24.9 Å². The van der Waals surface area contributed by atoms with Gasteiger partial charge in [-0.3, -0.25) is 0 Å². The van der Waals surface area contributed by atoms with Gasteiger partial charge in [-0.1, -0.05) is 33.3 Å². The van der Waals surface area contributed by atoms with Crippen molar-refractivity contribution >= 4 is 0 Å². The molecular weight excluding hydrogens is 229 g/mol. The van der Waals surface area contributed by atoms with Gasteiger partial charge in [0.15, 0.2) is 0 Å². The Hall–Kier alpha value is -0.930. The van der Waals surface area contributed by atoms with Crippen molar-refractivity contribution in [3.63, 3.8) is 0 Å². The minimum absolute atomic E-state index is 0.181. The van der Waals surface area contributed by atoms with Gasteiger partial charge in [-0.05, 0) is 24.1 Å². The summed E-state index contributed by atoms with van der Waals surface area (Å²) >= 11 is 0. The maximum atomic E-state index is 13.6. The first kappa shape index (κ1) is 15.1. The normalized spacial score (nSPS) is 11.2. The summed E-state index contributed by atoms with van der Waals surface area (Å²) in [5.74, 6) is -0.181. The lowest BCUT2D eigenvalue weighted by molar-refractivity contribution is 0.115. The predicted octanol–water partition coefficient (Wildman–Crippen LogP) is 3.64. The van der Waals surface area contributed by atoms with Crippen LogP contribution in [-0.4, -0.2) is 12.6 Å². The second-order valence-corrected chi connectivity index (χ2v) is 4.87. The van der Waals surface area contributed by atoms with Gasteiger partial charge in [-0.2, -0.15) is 0 Å². The average molecular weight is 253 g/mol. The highest BCUT2D eigenvalue weighted by atomic mass is 19.1. The summed E-state index contributed by atoms with van der Waals surface area (Å²) in [7, 11) is 0. The molecule has 1 aromatic rings. The van der Waals surface area contributed by atoms with Crippen LogP contribution in [0.25, 0.3) is 0 Å². The number of hydrogen-bond donors (Lipinski definition) is 1. The lowest BCUT2D eigenvalue weighted by Crippen LogP contribution is -2.21. The highest BCUT2D eigenvalue weighted by Gasteiger charge is 2.04. The fraction of sp³-hybridized carbons (Fsp3) is 0.600. The smallest absolute Gasteiger partial charge is 0.128 e. The minimum atomic E-state index is -0.181. The lowest BCUT2D eigenvalue weighted by Gasteiger charge is -2.10. The number of ether oxygens (including phenoxy) is 1. The summed E-state index contributed by atoms with van der Waals surface area (Å²) in [5, 5.41) is 3.32. The predicted molar refractivity (Wildman–Crippen MR) is 72.9 cm³/mol. The molecule has 0 aliphatic heterocycles. The zero-order chi connectivity index (χ0) is 13.4. The molecule has 1 aromatic carbocycles. The number of rotatable bonds is 8. The molecule has 0 bridgehead atoms. The summed E-state index contributed by atoms with van der Waals surface area (Å²) < 4.78 is 19.0. The largest absolute Gasteiger partial charge is 0.377 e.